The SMILES string of the molecule is CCC1(CN2CCCC(C)(OC)C2)CCCN1. The zero-order valence-corrected chi connectivity index (χ0v) is 11.7. The lowest BCUT2D eigenvalue weighted by Crippen LogP contribution is -2.55. The molecule has 2 saturated heterocycles. The first-order valence-corrected chi connectivity index (χ1v) is 7.14. The summed E-state index contributed by atoms with van der Waals surface area (Å²) in [6.07, 6.45) is 6.39. The lowest BCUT2D eigenvalue weighted by atomic mass is 9.89. The Morgan fingerprint density at radius 1 is 1.29 bits per heavy atom. The molecule has 2 fully saturated rings. The first kappa shape index (κ1) is 13.3. The topological polar surface area (TPSA) is 24.5 Å². The van der Waals surface area contributed by atoms with Crippen LogP contribution in [0.25, 0.3) is 0 Å². The first-order valence-electron chi connectivity index (χ1n) is 7.14. The van der Waals surface area contributed by atoms with Crippen molar-refractivity contribution in [2.24, 2.45) is 0 Å². The Balaban J connectivity index is 1.94. The number of methoxy groups -OCH3 is 1. The first-order chi connectivity index (χ1) is 8.11. The van der Waals surface area contributed by atoms with Crippen LogP contribution in [0.2, 0.25) is 0 Å². The largest absolute Gasteiger partial charge is 0.377 e. The van der Waals surface area contributed by atoms with Crippen LogP contribution in [0.5, 0.6) is 0 Å². The van der Waals surface area contributed by atoms with E-state index < -0.39 is 0 Å². The van der Waals surface area contributed by atoms with Gasteiger partial charge in [-0.3, -0.25) is 4.90 Å². The predicted molar refractivity (Wildman–Crippen MR) is 71.3 cm³/mol. The van der Waals surface area contributed by atoms with Gasteiger partial charge in [0.05, 0.1) is 5.60 Å². The van der Waals surface area contributed by atoms with Crippen molar-refractivity contribution < 1.29 is 4.74 Å². The number of likely N-dealkylation sites (tertiary alicyclic amines) is 1. The van der Waals surface area contributed by atoms with Gasteiger partial charge in [-0.2, -0.15) is 0 Å². The van der Waals surface area contributed by atoms with Crippen LogP contribution in [0.3, 0.4) is 0 Å². The maximum absolute atomic E-state index is 5.68. The molecule has 2 aliphatic heterocycles. The highest BCUT2D eigenvalue weighted by atomic mass is 16.5. The fraction of sp³-hybridized carbons (Fsp3) is 1.00. The zero-order valence-electron chi connectivity index (χ0n) is 11.7. The van der Waals surface area contributed by atoms with Crippen molar-refractivity contribution in [1.82, 2.24) is 10.2 Å². The molecule has 17 heavy (non-hydrogen) atoms. The highest BCUT2D eigenvalue weighted by molar-refractivity contribution is 4.96. The summed E-state index contributed by atoms with van der Waals surface area (Å²) < 4.78 is 5.68. The molecular weight excluding hydrogens is 212 g/mol. The molecule has 2 atom stereocenters. The van der Waals surface area contributed by atoms with E-state index in [0.717, 1.165) is 6.54 Å². The van der Waals surface area contributed by atoms with Crippen molar-refractivity contribution in [3.05, 3.63) is 0 Å². The summed E-state index contributed by atoms with van der Waals surface area (Å²) in [6, 6.07) is 0. The van der Waals surface area contributed by atoms with Gasteiger partial charge in [0.15, 0.2) is 0 Å². The molecule has 0 aromatic heterocycles. The minimum absolute atomic E-state index is 0.0752. The molecule has 0 aliphatic carbocycles. The molecule has 0 aromatic rings. The van der Waals surface area contributed by atoms with Gasteiger partial charge in [-0.1, -0.05) is 6.92 Å². The van der Waals surface area contributed by atoms with Crippen LogP contribution in [0, 0.1) is 0 Å². The molecule has 0 bridgehead atoms. The number of nitrogens with one attached hydrogen (secondary N) is 1. The number of piperidine rings is 1. The Morgan fingerprint density at radius 2 is 2.12 bits per heavy atom. The van der Waals surface area contributed by atoms with Gasteiger partial charge in [-0.05, 0) is 52.1 Å². The molecule has 0 aromatic carbocycles. The van der Waals surface area contributed by atoms with Crippen molar-refractivity contribution in [3.63, 3.8) is 0 Å². The van der Waals surface area contributed by atoms with Crippen LogP contribution in [-0.4, -0.2) is 49.3 Å². The normalized spacial score (nSPS) is 39.7. The van der Waals surface area contributed by atoms with E-state index in [1.807, 2.05) is 7.11 Å². The van der Waals surface area contributed by atoms with E-state index in [0.29, 0.717) is 5.54 Å². The Morgan fingerprint density at radius 3 is 2.71 bits per heavy atom. The summed E-state index contributed by atoms with van der Waals surface area (Å²) in [5.41, 5.74) is 0.456. The van der Waals surface area contributed by atoms with Gasteiger partial charge < -0.3 is 10.1 Å². The second-order valence-corrected chi connectivity index (χ2v) is 6.13. The number of rotatable bonds is 4. The molecule has 3 nitrogen and oxygen atoms in total. The van der Waals surface area contributed by atoms with E-state index in [4.69, 9.17) is 4.74 Å². The molecule has 0 radical (unpaired) electrons. The molecule has 2 rings (SSSR count). The summed E-state index contributed by atoms with van der Waals surface area (Å²) in [4.78, 5) is 2.61. The molecule has 2 aliphatic rings. The fourth-order valence-electron chi connectivity index (χ4n) is 3.45. The van der Waals surface area contributed by atoms with Crippen molar-refractivity contribution in [2.75, 3.05) is 33.3 Å². The van der Waals surface area contributed by atoms with Gasteiger partial charge in [0, 0.05) is 25.7 Å². The van der Waals surface area contributed by atoms with E-state index in [1.165, 1.54) is 51.7 Å². The Kier molecular flexibility index (Phi) is 4.11. The van der Waals surface area contributed by atoms with Gasteiger partial charge in [-0.15, -0.1) is 0 Å². The second-order valence-electron chi connectivity index (χ2n) is 6.13. The third-order valence-electron chi connectivity index (χ3n) is 4.77. The fourth-order valence-corrected chi connectivity index (χ4v) is 3.45. The smallest absolute Gasteiger partial charge is 0.0777 e. The third kappa shape index (κ3) is 3.01. The van der Waals surface area contributed by atoms with Crippen LogP contribution < -0.4 is 5.32 Å². The standard InChI is InChI=1S/C14H28N2O/c1-4-14(8-5-9-15-14)12-16-10-6-7-13(2,11-16)17-3/h15H,4-12H2,1-3H3. The predicted octanol–water partition coefficient (Wildman–Crippen LogP) is 2.02. The molecule has 2 heterocycles. The molecule has 2 unspecified atom stereocenters. The molecule has 0 saturated carbocycles. The molecule has 3 heteroatoms. The van der Waals surface area contributed by atoms with E-state index in [9.17, 15) is 0 Å². The third-order valence-corrected chi connectivity index (χ3v) is 4.77. The van der Waals surface area contributed by atoms with E-state index in [-0.39, 0.29) is 5.60 Å². The quantitative estimate of drug-likeness (QED) is 0.813. The minimum Gasteiger partial charge on any atom is -0.377 e. The number of hydrogen-bond donors (Lipinski definition) is 1. The Labute approximate surface area is 106 Å². The van der Waals surface area contributed by atoms with Gasteiger partial charge in [-0.25, -0.2) is 0 Å². The van der Waals surface area contributed by atoms with Crippen LogP contribution in [-0.2, 0) is 4.74 Å². The summed E-state index contributed by atoms with van der Waals surface area (Å²) in [6.45, 7) is 9.29. The minimum atomic E-state index is 0.0752. The highest BCUT2D eigenvalue weighted by Gasteiger charge is 2.37. The molecule has 0 spiro atoms. The molecule has 1 N–H and O–H groups in total. The lowest BCUT2D eigenvalue weighted by molar-refractivity contribution is -0.0557. The van der Waals surface area contributed by atoms with Gasteiger partial charge in [0.2, 0.25) is 0 Å². The van der Waals surface area contributed by atoms with Crippen molar-refractivity contribution in [3.8, 4) is 0 Å². The van der Waals surface area contributed by atoms with Crippen LogP contribution in [0.15, 0.2) is 0 Å². The Bertz CT molecular complexity index is 251. The summed E-state index contributed by atoms with van der Waals surface area (Å²) in [7, 11) is 1.85. The highest BCUT2D eigenvalue weighted by Crippen LogP contribution is 2.29. The number of nitrogens with zero attached hydrogens (tertiary/aromatic N) is 1. The molecular formula is C14H28N2O. The average Bonchev–Trinajstić information content (AvgIpc) is 2.78. The van der Waals surface area contributed by atoms with E-state index in [1.54, 1.807) is 0 Å². The molecule has 100 valence electrons. The van der Waals surface area contributed by atoms with Gasteiger partial charge in [0.1, 0.15) is 0 Å². The van der Waals surface area contributed by atoms with Crippen molar-refractivity contribution >= 4 is 0 Å². The summed E-state index contributed by atoms with van der Waals surface area (Å²) in [5, 5.41) is 3.73. The van der Waals surface area contributed by atoms with Crippen LogP contribution >= 0.6 is 0 Å². The average molecular weight is 240 g/mol. The van der Waals surface area contributed by atoms with Gasteiger partial charge in [0.25, 0.3) is 0 Å². The van der Waals surface area contributed by atoms with Crippen molar-refractivity contribution in [1.29, 1.82) is 0 Å². The van der Waals surface area contributed by atoms with Crippen molar-refractivity contribution in [2.45, 2.75) is 57.1 Å². The van der Waals surface area contributed by atoms with Crippen LogP contribution in [0.1, 0.15) is 46.0 Å². The summed E-state index contributed by atoms with van der Waals surface area (Å²) in [5.74, 6) is 0. The second kappa shape index (κ2) is 5.25. The Hall–Kier alpha value is -0.120. The maximum atomic E-state index is 5.68. The summed E-state index contributed by atoms with van der Waals surface area (Å²) >= 11 is 0. The monoisotopic (exact) mass is 240 g/mol. The number of hydrogen-bond acceptors (Lipinski definition) is 3. The van der Waals surface area contributed by atoms with E-state index in [2.05, 4.69) is 24.1 Å². The van der Waals surface area contributed by atoms with Crippen LogP contribution in [0.4, 0.5) is 0 Å². The maximum Gasteiger partial charge on any atom is 0.0777 e. The molecule has 0 amide bonds. The number of ether oxygens (including phenoxy) is 1. The lowest BCUT2D eigenvalue weighted by Gasteiger charge is -2.43. The van der Waals surface area contributed by atoms with E-state index >= 15 is 0 Å². The zero-order chi connectivity index (χ0) is 12.4. The van der Waals surface area contributed by atoms with Gasteiger partial charge >= 0.3 is 0 Å².